The molecule has 1 atom stereocenters. The molecule has 1 aromatic carbocycles. The van der Waals surface area contributed by atoms with Crippen molar-refractivity contribution in [2.75, 3.05) is 6.54 Å². The number of ether oxygens (including phenoxy) is 1. The van der Waals surface area contributed by atoms with Gasteiger partial charge in [0.25, 0.3) is 5.91 Å². The molecule has 1 aromatic heterocycles. The van der Waals surface area contributed by atoms with Crippen molar-refractivity contribution >= 4 is 22.8 Å². The first-order chi connectivity index (χ1) is 11.2. The minimum Gasteiger partial charge on any atom is -0.548 e. The van der Waals surface area contributed by atoms with Crippen LogP contribution in [0.1, 0.15) is 23.6 Å². The number of aryl methyl sites for hydroxylation is 2. The van der Waals surface area contributed by atoms with E-state index in [0.29, 0.717) is 22.5 Å². The number of nitrogens with one attached hydrogen (secondary N) is 1. The Balaban J connectivity index is 2.32. The SMILES string of the molecule is Cc1c(C)c2ccc(O[C@@H](C)C(=O)NCC(=O)[O-])c(C)c2oc1=O. The molecule has 1 heterocycles. The predicted molar refractivity (Wildman–Crippen MR) is 84.8 cm³/mol. The molecule has 0 fully saturated rings. The van der Waals surface area contributed by atoms with Gasteiger partial charge < -0.3 is 24.4 Å². The largest absolute Gasteiger partial charge is 0.548 e. The topological polar surface area (TPSA) is 109 Å². The minimum atomic E-state index is -1.38. The van der Waals surface area contributed by atoms with Crippen LogP contribution in [0.5, 0.6) is 5.75 Å². The molecular formula is C17H18NO6-. The molecule has 7 nitrogen and oxygen atoms in total. The Morgan fingerprint density at radius 2 is 1.88 bits per heavy atom. The van der Waals surface area contributed by atoms with Gasteiger partial charge in [-0.2, -0.15) is 0 Å². The van der Waals surface area contributed by atoms with Gasteiger partial charge in [0.2, 0.25) is 0 Å². The monoisotopic (exact) mass is 332 g/mol. The van der Waals surface area contributed by atoms with Crippen molar-refractivity contribution in [2.45, 2.75) is 33.8 Å². The third-order valence-corrected chi connectivity index (χ3v) is 3.90. The van der Waals surface area contributed by atoms with E-state index in [-0.39, 0.29) is 0 Å². The fourth-order valence-corrected chi connectivity index (χ4v) is 2.30. The van der Waals surface area contributed by atoms with E-state index in [2.05, 4.69) is 5.32 Å². The van der Waals surface area contributed by atoms with Gasteiger partial charge in [-0.05, 0) is 45.4 Å². The lowest BCUT2D eigenvalue weighted by molar-refractivity contribution is -0.304. The maximum atomic E-state index is 11.9. The summed E-state index contributed by atoms with van der Waals surface area (Å²) < 4.78 is 10.9. The van der Waals surface area contributed by atoms with Crippen molar-refractivity contribution in [3.8, 4) is 5.75 Å². The lowest BCUT2D eigenvalue weighted by Crippen LogP contribution is -2.43. The molecule has 0 aliphatic rings. The van der Waals surface area contributed by atoms with Crippen LogP contribution in [-0.2, 0) is 9.59 Å². The fraction of sp³-hybridized carbons (Fsp3) is 0.353. The zero-order chi connectivity index (χ0) is 18.0. The second-order valence-electron chi connectivity index (χ2n) is 5.55. The standard InChI is InChI=1S/C17H19NO6/c1-8-9(2)17(22)24-15-10(3)13(6-5-12(8)15)23-11(4)16(21)18-7-14(19)20/h5-6,11H,7H2,1-4H3,(H,18,21)(H,19,20)/p-1/t11-/m0/s1. The van der Waals surface area contributed by atoms with Crippen LogP contribution in [0.15, 0.2) is 21.3 Å². The smallest absolute Gasteiger partial charge is 0.339 e. The van der Waals surface area contributed by atoms with Gasteiger partial charge in [0.1, 0.15) is 11.3 Å². The van der Waals surface area contributed by atoms with Gasteiger partial charge >= 0.3 is 5.63 Å². The summed E-state index contributed by atoms with van der Waals surface area (Å²) in [5.41, 5.74) is 1.96. The Kier molecular flexibility index (Phi) is 4.92. The molecule has 2 rings (SSSR count). The van der Waals surface area contributed by atoms with Crippen molar-refractivity contribution in [3.63, 3.8) is 0 Å². The summed E-state index contributed by atoms with van der Waals surface area (Å²) in [5.74, 6) is -1.59. The van der Waals surface area contributed by atoms with Crippen molar-refractivity contribution in [1.82, 2.24) is 5.32 Å². The van der Waals surface area contributed by atoms with Crippen LogP contribution in [0, 0.1) is 20.8 Å². The molecule has 24 heavy (non-hydrogen) atoms. The summed E-state index contributed by atoms with van der Waals surface area (Å²) >= 11 is 0. The van der Waals surface area contributed by atoms with Gasteiger partial charge in [-0.3, -0.25) is 4.79 Å². The van der Waals surface area contributed by atoms with Crippen molar-refractivity contribution in [3.05, 3.63) is 39.2 Å². The maximum absolute atomic E-state index is 11.9. The second-order valence-corrected chi connectivity index (χ2v) is 5.55. The van der Waals surface area contributed by atoms with Crippen molar-refractivity contribution < 1.29 is 23.8 Å². The van der Waals surface area contributed by atoms with Gasteiger partial charge in [0.05, 0.1) is 12.5 Å². The van der Waals surface area contributed by atoms with Crippen LogP contribution in [0.2, 0.25) is 0 Å². The summed E-state index contributed by atoms with van der Waals surface area (Å²) in [6.45, 7) is 6.16. The van der Waals surface area contributed by atoms with Crippen LogP contribution < -0.4 is 20.8 Å². The Hall–Kier alpha value is -2.83. The number of amides is 1. The summed E-state index contributed by atoms with van der Waals surface area (Å²) in [7, 11) is 0. The molecule has 0 aliphatic heterocycles. The van der Waals surface area contributed by atoms with E-state index in [1.165, 1.54) is 6.92 Å². The van der Waals surface area contributed by atoms with Gasteiger partial charge in [-0.1, -0.05) is 0 Å². The van der Waals surface area contributed by atoms with Crippen LogP contribution in [0.3, 0.4) is 0 Å². The molecule has 0 saturated heterocycles. The number of carbonyl (C=O) groups is 2. The number of carbonyl (C=O) groups excluding carboxylic acids is 2. The van der Waals surface area contributed by atoms with Gasteiger partial charge in [-0.25, -0.2) is 4.79 Å². The predicted octanol–water partition coefficient (Wildman–Crippen LogP) is 0.352. The number of carboxylic acids is 1. The number of rotatable bonds is 5. The lowest BCUT2D eigenvalue weighted by Gasteiger charge is -2.17. The third kappa shape index (κ3) is 3.40. The molecular weight excluding hydrogens is 314 g/mol. The zero-order valence-electron chi connectivity index (χ0n) is 13.9. The van der Waals surface area contributed by atoms with E-state index in [0.717, 1.165) is 10.9 Å². The summed E-state index contributed by atoms with van der Waals surface area (Å²) in [6.07, 6.45) is -0.918. The zero-order valence-corrected chi connectivity index (χ0v) is 13.9. The number of aliphatic carboxylic acids is 1. The highest BCUT2D eigenvalue weighted by Gasteiger charge is 2.18. The van der Waals surface area contributed by atoms with Crippen molar-refractivity contribution in [1.29, 1.82) is 0 Å². The first-order valence-electron chi connectivity index (χ1n) is 7.40. The first kappa shape index (κ1) is 17.5. The molecule has 128 valence electrons. The molecule has 2 aromatic rings. The Morgan fingerprint density at radius 3 is 2.50 bits per heavy atom. The van der Waals surface area contributed by atoms with E-state index in [4.69, 9.17) is 9.15 Å². The van der Waals surface area contributed by atoms with Crippen LogP contribution in [-0.4, -0.2) is 24.5 Å². The summed E-state index contributed by atoms with van der Waals surface area (Å²) in [4.78, 5) is 34.0. The number of fused-ring (bicyclic) bond motifs is 1. The molecule has 0 radical (unpaired) electrons. The Morgan fingerprint density at radius 1 is 1.21 bits per heavy atom. The molecule has 0 aliphatic carbocycles. The average Bonchev–Trinajstić information content (AvgIpc) is 2.53. The van der Waals surface area contributed by atoms with Gasteiger partial charge in [0, 0.05) is 16.5 Å². The van der Waals surface area contributed by atoms with E-state index in [1.54, 1.807) is 26.0 Å². The van der Waals surface area contributed by atoms with E-state index in [9.17, 15) is 19.5 Å². The third-order valence-electron chi connectivity index (χ3n) is 3.90. The normalized spacial score (nSPS) is 12.0. The lowest BCUT2D eigenvalue weighted by atomic mass is 10.0. The Labute approximate surface area is 138 Å². The number of benzene rings is 1. The highest BCUT2D eigenvalue weighted by molar-refractivity contribution is 5.86. The second kappa shape index (κ2) is 6.74. The molecule has 0 saturated carbocycles. The summed E-state index contributed by atoms with van der Waals surface area (Å²) in [6, 6.07) is 3.45. The van der Waals surface area contributed by atoms with Crippen LogP contribution >= 0.6 is 0 Å². The molecule has 7 heteroatoms. The number of carboxylic acid groups (broad SMARTS) is 1. The van der Waals surface area contributed by atoms with E-state index >= 15 is 0 Å². The molecule has 1 N–H and O–H groups in total. The fourth-order valence-electron chi connectivity index (χ4n) is 2.30. The van der Waals surface area contributed by atoms with Gasteiger partial charge in [-0.15, -0.1) is 0 Å². The molecule has 1 amide bonds. The van der Waals surface area contributed by atoms with E-state index in [1.807, 2.05) is 6.92 Å². The molecule has 0 spiro atoms. The highest BCUT2D eigenvalue weighted by atomic mass is 16.5. The summed E-state index contributed by atoms with van der Waals surface area (Å²) in [5, 5.41) is 13.4. The molecule has 0 bridgehead atoms. The Bertz CT molecular complexity index is 867. The van der Waals surface area contributed by atoms with Crippen molar-refractivity contribution in [2.24, 2.45) is 0 Å². The number of hydrogen-bond donors (Lipinski definition) is 1. The maximum Gasteiger partial charge on any atom is 0.339 e. The quantitative estimate of drug-likeness (QED) is 0.792. The number of hydrogen-bond acceptors (Lipinski definition) is 6. The molecule has 0 unspecified atom stereocenters. The van der Waals surface area contributed by atoms with Gasteiger partial charge in [0.15, 0.2) is 6.10 Å². The van der Waals surface area contributed by atoms with Crippen LogP contribution in [0.4, 0.5) is 0 Å². The van der Waals surface area contributed by atoms with E-state index < -0.39 is 30.2 Å². The van der Waals surface area contributed by atoms with Crippen LogP contribution in [0.25, 0.3) is 11.0 Å². The highest BCUT2D eigenvalue weighted by Crippen LogP contribution is 2.29. The first-order valence-corrected chi connectivity index (χ1v) is 7.40. The minimum absolute atomic E-state index is 0.380. The average molecular weight is 332 g/mol.